The van der Waals surface area contributed by atoms with Crippen LogP contribution in [0.3, 0.4) is 0 Å². The molecule has 0 spiro atoms. The highest BCUT2D eigenvalue weighted by molar-refractivity contribution is 5.98. The summed E-state index contributed by atoms with van der Waals surface area (Å²) in [4.78, 5) is 24.9. The molecule has 0 aliphatic heterocycles. The van der Waals surface area contributed by atoms with Gasteiger partial charge in [0.25, 0.3) is 0 Å². The molecule has 0 saturated heterocycles. The first-order valence-electron chi connectivity index (χ1n) is 10.0. The van der Waals surface area contributed by atoms with Gasteiger partial charge in [-0.05, 0) is 80.9 Å². The number of aliphatic hydroxyl groups excluding tert-OH is 1. The van der Waals surface area contributed by atoms with Crippen LogP contribution in [0.5, 0.6) is 0 Å². The standard InChI is InChI=1S/C21H29N3O3/c1-13(22-18-4-2-3-14(8-18)12-25)19(26)23-20(27)24-21-9-15-5-16(10-21)7-17(6-15)11-21/h2-4,8,13,15-17,22,25H,5-7,9-12H2,1H3,(H2,23,24,26,27). The number of imide groups is 1. The number of carbonyl (C=O) groups excluding carboxylic acids is 2. The van der Waals surface area contributed by atoms with Crippen LogP contribution in [0, 0.1) is 17.8 Å². The molecule has 4 aliphatic carbocycles. The zero-order chi connectivity index (χ0) is 19.0. The van der Waals surface area contributed by atoms with Crippen molar-refractivity contribution in [1.82, 2.24) is 10.6 Å². The summed E-state index contributed by atoms with van der Waals surface area (Å²) in [7, 11) is 0. The van der Waals surface area contributed by atoms with E-state index in [4.69, 9.17) is 0 Å². The van der Waals surface area contributed by atoms with Gasteiger partial charge in [-0.1, -0.05) is 12.1 Å². The van der Waals surface area contributed by atoms with Crippen LogP contribution in [0.15, 0.2) is 24.3 Å². The third kappa shape index (κ3) is 3.95. The van der Waals surface area contributed by atoms with E-state index in [1.165, 1.54) is 19.3 Å². The molecular weight excluding hydrogens is 342 g/mol. The first-order chi connectivity index (χ1) is 12.9. The van der Waals surface area contributed by atoms with Crippen LogP contribution in [-0.4, -0.2) is 28.6 Å². The number of rotatable bonds is 5. The summed E-state index contributed by atoms with van der Waals surface area (Å²) in [6.07, 6.45) is 7.12. The van der Waals surface area contributed by atoms with Gasteiger partial charge in [-0.25, -0.2) is 4.79 Å². The third-order valence-electron chi connectivity index (χ3n) is 6.54. The molecule has 4 bridgehead atoms. The molecule has 6 heteroatoms. The van der Waals surface area contributed by atoms with E-state index in [1.54, 1.807) is 13.0 Å². The Bertz CT molecular complexity index is 698. The Balaban J connectivity index is 1.32. The molecule has 1 aromatic carbocycles. The lowest BCUT2D eigenvalue weighted by molar-refractivity contribution is -0.120. The molecule has 6 nitrogen and oxygen atoms in total. The average molecular weight is 371 g/mol. The van der Waals surface area contributed by atoms with Crippen molar-refractivity contribution in [1.29, 1.82) is 0 Å². The summed E-state index contributed by atoms with van der Waals surface area (Å²) >= 11 is 0. The molecule has 4 aliphatic rings. The molecule has 1 unspecified atom stereocenters. The van der Waals surface area contributed by atoms with Crippen molar-refractivity contribution >= 4 is 17.6 Å². The highest BCUT2D eigenvalue weighted by Gasteiger charge is 2.51. The average Bonchev–Trinajstić information content (AvgIpc) is 2.60. The maximum absolute atomic E-state index is 12.5. The van der Waals surface area contributed by atoms with E-state index in [9.17, 15) is 14.7 Å². The summed E-state index contributed by atoms with van der Waals surface area (Å²) < 4.78 is 0. The summed E-state index contributed by atoms with van der Waals surface area (Å²) in [5.74, 6) is 1.87. The number of carbonyl (C=O) groups is 2. The molecule has 0 radical (unpaired) electrons. The van der Waals surface area contributed by atoms with Gasteiger partial charge in [-0.2, -0.15) is 0 Å². The minimum Gasteiger partial charge on any atom is -0.392 e. The van der Waals surface area contributed by atoms with Crippen molar-refractivity contribution in [3.8, 4) is 0 Å². The van der Waals surface area contributed by atoms with Crippen LogP contribution in [0.25, 0.3) is 0 Å². The summed E-state index contributed by atoms with van der Waals surface area (Å²) in [5, 5.41) is 18.0. The van der Waals surface area contributed by atoms with Crippen molar-refractivity contribution in [2.24, 2.45) is 17.8 Å². The van der Waals surface area contributed by atoms with Gasteiger partial charge >= 0.3 is 6.03 Å². The van der Waals surface area contributed by atoms with Crippen LogP contribution in [-0.2, 0) is 11.4 Å². The van der Waals surface area contributed by atoms with Gasteiger partial charge in [0.05, 0.1) is 6.61 Å². The number of hydrogen-bond donors (Lipinski definition) is 4. The number of anilines is 1. The molecule has 27 heavy (non-hydrogen) atoms. The Kier molecular flexibility index (Phi) is 4.84. The second kappa shape index (κ2) is 7.15. The van der Waals surface area contributed by atoms with Crippen molar-refractivity contribution in [2.75, 3.05) is 5.32 Å². The molecule has 1 atom stereocenters. The van der Waals surface area contributed by atoms with Crippen molar-refractivity contribution < 1.29 is 14.7 Å². The van der Waals surface area contributed by atoms with E-state index in [0.717, 1.165) is 48.3 Å². The smallest absolute Gasteiger partial charge is 0.321 e. The number of urea groups is 1. The molecule has 4 saturated carbocycles. The largest absolute Gasteiger partial charge is 0.392 e. The van der Waals surface area contributed by atoms with Crippen LogP contribution >= 0.6 is 0 Å². The Morgan fingerprint density at radius 2 is 1.78 bits per heavy atom. The second-order valence-corrected chi connectivity index (χ2v) is 8.87. The Labute approximate surface area is 160 Å². The second-order valence-electron chi connectivity index (χ2n) is 8.87. The number of aliphatic hydroxyl groups is 1. The van der Waals surface area contributed by atoms with Crippen molar-refractivity contribution in [2.45, 2.75) is 63.6 Å². The molecule has 0 heterocycles. The summed E-state index contributed by atoms with van der Waals surface area (Å²) in [6, 6.07) is 6.32. The molecule has 0 aromatic heterocycles. The van der Waals surface area contributed by atoms with Gasteiger partial charge in [0.15, 0.2) is 0 Å². The monoisotopic (exact) mass is 371 g/mol. The quantitative estimate of drug-likeness (QED) is 0.641. The molecule has 146 valence electrons. The molecule has 3 amide bonds. The van der Waals surface area contributed by atoms with Crippen LogP contribution in [0.2, 0.25) is 0 Å². The van der Waals surface area contributed by atoms with E-state index < -0.39 is 6.04 Å². The lowest BCUT2D eigenvalue weighted by Crippen LogP contribution is -2.62. The van der Waals surface area contributed by atoms with Gasteiger partial charge in [-0.15, -0.1) is 0 Å². The highest BCUT2D eigenvalue weighted by Crippen LogP contribution is 2.55. The minimum atomic E-state index is -0.555. The van der Waals surface area contributed by atoms with Gasteiger partial charge in [0.2, 0.25) is 5.91 Å². The Hall–Kier alpha value is -2.08. The SMILES string of the molecule is CC(Nc1cccc(CO)c1)C(=O)NC(=O)NC12CC3CC(CC(C3)C1)C2. The fraction of sp³-hybridized carbons (Fsp3) is 0.619. The maximum atomic E-state index is 12.5. The van der Waals surface area contributed by atoms with Crippen molar-refractivity contribution in [3.05, 3.63) is 29.8 Å². The van der Waals surface area contributed by atoms with Crippen LogP contribution in [0.4, 0.5) is 10.5 Å². The van der Waals surface area contributed by atoms with E-state index in [-0.39, 0.29) is 24.1 Å². The molecule has 1 aromatic rings. The molecule has 4 N–H and O–H groups in total. The van der Waals surface area contributed by atoms with Gasteiger partial charge < -0.3 is 15.7 Å². The number of nitrogens with one attached hydrogen (secondary N) is 3. The lowest BCUT2D eigenvalue weighted by Gasteiger charge is -2.56. The van der Waals surface area contributed by atoms with E-state index >= 15 is 0 Å². The lowest BCUT2D eigenvalue weighted by atomic mass is 9.53. The maximum Gasteiger partial charge on any atom is 0.321 e. The van der Waals surface area contributed by atoms with E-state index in [1.807, 2.05) is 18.2 Å². The first kappa shape index (κ1) is 18.3. The summed E-state index contributed by atoms with van der Waals surface area (Å²) in [5.41, 5.74) is 1.41. The zero-order valence-corrected chi connectivity index (χ0v) is 15.8. The molecule has 5 rings (SSSR count). The highest BCUT2D eigenvalue weighted by atomic mass is 16.3. The van der Waals surface area contributed by atoms with Crippen LogP contribution < -0.4 is 16.0 Å². The molecular formula is C21H29N3O3. The minimum absolute atomic E-state index is 0.0520. The molecule has 4 fully saturated rings. The fourth-order valence-corrected chi connectivity index (χ4v) is 5.83. The topological polar surface area (TPSA) is 90.5 Å². The van der Waals surface area contributed by atoms with Gasteiger partial charge in [0.1, 0.15) is 6.04 Å². The normalized spacial score (nSPS) is 32.0. The third-order valence-corrected chi connectivity index (χ3v) is 6.54. The number of hydrogen-bond acceptors (Lipinski definition) is 4. The Morgan fingerprint density at radius 1 is 1.15 bits per heavy atom. The van der Waals surface area contributed by atoms with E-state index in [2.05, 4.69) is 16.0 Å². The van der Waals surface area contributed by atoms with Crippen molar-refractivity contribution in [3.63, 3.8) is 0 Å². The predicted molar refractivity (Wildman–Crippen MR) is 103 cm³/mol. The zero-order valence-electron chi connectivity index (χ0n) is 15.8. The Morgan fingerprint density at radius 3 is 2.37 bits per heavy atom. The van der Waals surface area contributed by atoms with Crippen LogP contribution in [0.1, 0.15) is 51.0 Å². The predicted octanol–water partition coefficient (Wildman–Crippen LogP) is 2.77. The first-order valence-corrected chi connectivity index (χ1v) is 10.0. The number of amides is 3. The van der Waals surface area contributed by atoms with Gasteiger partial charge in [0, 0.05) is 11.2 Å². The fourth-order valence-electron chi connectivity index (χ4n) is 5.83. The summed E-state index contributed by atoms with van der Waals surface area (Å²) in [6.45, 7) is 1.67. The van der Waals surface area contributed by atoms with Gasteiger partial charge in [-0.3, -0.25) is 10.1 Å². The number of benzene rings is 1. The van der Waals surface area contributed by atoms with E-state index in [0.29, 0.717) is 0 Å².